The fourth-order valence-corrected chi connectivity index (χ4v) is 3.31. The third kappa shape index (κ3) is 4.56. The first kappa shape index (κ1) is 13.6. The van der Waals surface area contributed by atoms with E-state index < -0.39 is 0 Å². The lowest BCUT2D eigenvalue weighted by atomic mass is 10.0. The van der Waals surface area contributed by atoms with Crippen LogP contribution < -0.4 is 5.32 Å². The number of nitriles is 1. The molecule has 0 spiro atoms. The second kappa shape index (κ2) is 6.95. The molecule has 1 aromatic heterocycles. The van der Waals surface area contributed by atoms with Crippen LogP contribution in [-0.2, 0) is 0 Å². The second-order valence-corrected chi connectivity index (χ2v) is 6.24. The Morgan fingerprint density at radius 1 is 1.62 bits per heavy atom. The third-order valence-electron chi connectivity index (χ3n) is 2.35. The van der Waals surface area contributed by atoms with Crippen LogP contribution in [0.25, 0.3) is 0 Å². The molecule has 1 aromatic rings. The summed E-state index contributed by atoms with van der Waals surface area (Å²) in [7, 11) is 0. The summed E-state index contributed by atoms with van der Waals surface area (Å²) in [5, 5.41) is 14.5. The van der Waals surface area contributed by atoms with Crippen LogP contribution in [0, 0.1) is 11.3 Å². The predicted octanol–water partition coefficient (Wildman–Crippen LogP) is 3.51. The first-order valence-corrected chi connectivity index (χ1v) is 7.39. The van der Waals surface area contributed by atoms with Gasteiger partial charge in [0, 0.05) is 5.75 Å². The highest BCUT2D eigenvalue weighted by atomic mass is 32.2. The number of thioether (sulfide) groups is 1. The standard InChI is InChI=1S/C12H18N2S2/c1-3-7-14-12(2,10-13)6-9-16-11-5-4-8-15-11/h4-5,8,14H,3,6-7,9H2,1-2H3. The van der Waals surface area contributed by atoms with Crippen molar-refractivity contribution in [1.29, 1.82) is 5.26 Å². The van der Waals surface area contributed by atoms with Gasteiger partial charge in [0.2, 0.25) is 0 Å². The van der Waals surface area contributed by atoms with E-state index in [1.807, 2.05) is 18.7 Å². The van der Waals surface area contributed by atoms with Gasteiger partial charge in [-0.15, -0.1) is 23.1 Å². The van der Waals surface area contributed by atoms with Gasteiger partial charge in [-0.25, -0.2) is 0 Å². The van der Waals surface area contributed by atoms with Gasteiger partial charge in [-0.1, -0.05) is 13.0 Å². The second-order valence-electron chi connectivity index (χ2n) is 3.90. The summed E-state index contributed by atoms with van der Waals surface area (Å²) in [6.45, 7) is 5.01. The van der Waals surface area contributed by atoms with Crippen molar-refractivity contribution in [3.8, 4) is 6.07 Å². The molecule has 88 valence electrons. The molecule has 0 radical (unpaired) electrons. The fraction of sp³-hybridized carbons (Fsp3) is 0.583. The molecule has 1 unspecified atom stereocenters. The monoisotopic (exact) mass is 254 g/mol. The minimum absolute atomic E-state index is 0.375. The smallest absolute Gasteiger partial charge is 0.104 e. The zero-order valence-corrected chi connectivity index (χ0v) is 11.5. The van der Waals surface area contributed by atoms with Gasteiger partial charge in [0.05, 0.1) is 10.3 Å². The number of nitrogens with zero attached hydrogens (tertiary/aromatic N) is 1. The lowest BCUT2D eigenvalue weighted by molar-refractivity contribution is 0.437. The number of thiophene rings is 1. The summed E-state index contributed by atoms with van der Waals surface area (Å²) in [4.78, 5) is 0. The lowest BCUT2D eigenvalue weighted by Crippen LogP contribution is -2.41. The number of hydrogen-bond acceptors (Lipinski definition) is 4. The maximum atomic E-state index is 9.15. The Labute approximate surface area is 106 Å². The van der Waals surface area contributed by atoms with E-state index in [4.69, 9.17) is 5.26 Å². The van der Waals surface area contributed by atoms with Crippen LogP contribution in [0.3, 0.4) is 0 Å². The number of rotatable bonds is 7. The normalized spacial score (nSPS) is 14.3. The summed E-state index contributed by atoms with van der Waals surface area (Å²) in [5.41, 5.74) is -0.375. The molecule has 0 bridgehead atoms. The molecule has 1 rings (SSSR count). The molecule has 0 fully saturated rings. The van der Waals surface area contributed by atoms with Gasteiger partial charge in [0.1, 0.15) is 5.54 Å². The van der Waals surface area contributed by atoms with Crippen LogP contribution in [0.4, 0.5) is 0 Å². The third-order valence-corrected chi connectivity index (χ3v) is 4.49. The molecule has 1 heterocycles. The minimum atomic E-state index is -0.375. The molecule has 4 heteroatoms. The van der Waals surface area contributed by atoms with Crippen molar-refractivity contribution in [3.05, 3.63) is 17.5 Å². The van der Waals surface area contributed by atoms with Crippen LogP contribution >= 0.6 is 23.1 Å². The maximum absolute atomic E-state index is 9.15. The molecule has 0 aliphatic carbocycles. The van der Waals surface area contributed by atoms with E-state index >= 15 is 0 Å². The van der Waals surface area contributed by atoms with Gasteiger partial charge < -0.3 is 0 Å². The Kier molecular flexibility index (Phi) is 5.89. The average molecular weight is 254 g/mol. The van der Waals surface area contributed by atoms with E-state index in [0.717, 1.165) is 25.1 Å². The summed E-state index contributed by atoms with van der Waals surface area (Å²) < 4.78 is 1.33. The topological polar surface area (TPSA) is 35.8 Å². The molecule has 0 saturated carbocycles. The van der Waals surface area contributed by atoms with E-state index in [0.29, 0.717) is 0 Å². The highest BCUT2D eigenvalue weighted by molar-refractivity contribution is 8.01. The molecule has 0 amide bonds. The highest BCUT2D eigenvalue weighted by Gasteiger charge is 2.21. The van der Waals surface area contributed by atoms with E-state index in [1.165, 1.54) is 4.21 Å². The largest absolute Gasteiger partial charge is 0.300 e. The van der Waals surface area contributed by atoms with Gasteiger partial charge in [-0.2, -0.15) is 5.26 Å². The van der Waals surface area contributed by atoms with E-state index in [-0.39, 0.29) is 5.54 Å². The lowest BCUT2D eigenvalue weighted by Gasteiger charge is -2.22. The molecule has 0 aliphatic rings. The maximum Gasteiger partial charge on any atom is 0.104 e. The van der Waals surface area contributed by atoms with Gasteiger partial charge in [0.15, 0.2) is 0 Å². The molecule has 16 heavy (non-hydrogen) atoms. The Hall–Kier alpha value is -0.500. The first-order chi connectivity index (χ1) is 7.70. The molecule has 2 nitrogen and oxygen atoms in total. The van der Waals surface area contributed by atoms with Crippen molar-refractivity contribution in [3.63, 3.8) is 0 Å². The van der Waals surface area contributed by atoms with Gasteiger partial charge in [-0.05, 0) is 37.8 Å². The Bertz CT molecular complexity index is 329. The van der Waals surface area contributed by atoms with Crippen LogP contribution in [-0.4, -0.2) is 17.8 Å². The summed E-state index contributed by atoms with van der Waals surface area (Å²) in [5.74, 6) is 0.987. The van der Waals surface area contributed by atoms with Crippen molar-refractivity contribution < 1.29 is 0 Å². The molecule has 1 N–H and O–H groups in total. The van der Waals surface area contributed by atoms with Crippen LogP contribution in [0.1, 0.15) is 26.7 Å². The Morgan fingerprint density at radius 3 is 3.00 bits per heavy atom. The number of nitrogens with one attached hydrogen (secondary N) is 1. The molecule has 0 saturated heterocycles. The highest BCUT2D eigenvalue weighted by Crippen LogP contribution is 2.25. The molecule has 0 aliphatic heterocycles. The average Bonchev–Trinajstić information content (AvgIpc) is 2.79. The Balaban J connectivity index is 2.31. The van der Waals surface area contributed by atoms with E-state index in [2.05, 4.69) is 35.8 Å². The van der Waals surface area contributed by atoms with Gasteiger partial charge in [0.25, 0.3) is 0 Å². The summed E-state index contributed by atoms with van der Waals surface area (Å²) in [6, 6.07) is 6.56. The van der Waals surface area contributed by atoms with Crippen molar-refractivity contribution in [2.24, 2.45) is 0 Å². The summed E-state index contributed by atoms with van der Waals surface area (Å²) >= 11 is 3.59. The number of hydrogen-bond donors (Lipinski definition) is 1. The van der Waals surface area contributed by atoms with E-state index in [1.54, 1.807) is 11.3 Å². The van der Waals surface area contributed by atoms with Crippen LogP contribution in [0.15, 0.2) is 21.7 Å². The SMILES string of the molecule is CCCNC(C)(C#N)CCSc1cccs1. The summed E-state index contributed by atoms with van der Waals surface area (Å²) in [6.07, 6.45) is 1.95. The molecule has 0 aromatic carbocycles. The van der Waals surface area contributed by atoms with Gasteiger partial charge >= 0.3 is 0 Å². The fourth-order valence-electron chi connectivity index (χ4n) is 1.29. The van der Waals surface area contributed by atoms with Crippen LogP contribution in [0.5, 0.6) is 0 Å². The minimum Gasteiger partial charge on any atom is -0.300 e. The van der Waals surface area contributed by atoms with Crippen molar-refractivity contribution in [1.82, 2.24) is 5.32 Å². The van der Waals surface area contributed by atoms with Crippen molar-refractivity contribution >= 4 is 23.1 Å². The van der Waals surface area contributed by atoms with Crippen LogP contribution in [0.2, 0.25) is 0 Å². The molecule has 1 atom stereocenters. The van der Waals surface area contributed by atoms with Crippen molar-refractivity contribution in [2.75, 3.05) is 12.3 Å². The quantitative estimate of drug-likeness (QED) is 0.756. The van der Waals surface area contributed by atoms with E-state index in [9.17, 15) is 0 Å². The zero-order valence-electron chi connectivity index (χ0n) is 9.82. The van der Waals surface area contributed by atoms with Crippen molar-refractivity contribution in [2.45, 2.75) is 36.4 Å². The Morgan fingerprint density at radius 2 is 2.44 bits per heavy atom. The zero-order chi connectivity index (χ0) is 11.9. The predicted molar refractivity (Wildman–Crippen MR) is 72.0 cm³/mol. The first-order valence-electron chi connectivity index (χ1n) is 5.53. The molecular weight excluding hydrogens is 236 g/mol. The van der Waals surface area contributed by atoms with Gasteiger partial charge in [-0.3, -0.25) is 5.32 Å². The molecular formula is C12H18N2S2.